The summed E-state index contributed by atoms with van der Waals surface area (Å²) in [6, 6.07) is 0. The van der Waals surface area contributed by atoms with Gasteiger partial charge in [-0.05, 0) is 19.2 Å². The second-order valence-electron chi connectivity index (χ2n) is 2.51. The monoisotopic (exact) mass is 142 g/mol. The molecule has 0 aromatic rings. The van der Waals surface area contributed by atoms with Gasteiger partial charge in [0.05, 0.1) is 0 Å². The maximum Gasteiger partial charge on any atom is 0.0307 e. The van der Waals surface area contributed by atoms with E-state index in [9.17, 15) is 0 Å². The Bertz CT molecular complexity index is 110. The third-order valence-electron chi connectivity index (χ3n) is 1.50. The predicted molar refractivity (Wildman–Crippen MR) is 48.2 cm³/mol. The molecule has 0 aliphatic rings. The largest absolute Gasteiger partial charge is 0.0888 e. The minimum Gasteiger partial charge on any atom is -0.0888 e. The molecule has 1 atom stereocenters. The van der Waals surface area contributed by atoms with Crippen LogP contribution in [-0.2, 0) is 0 Å². The molecule has 0 amide bonds. The lowest BCUT2D eigenvalue weighted by Gasteiger charge is -1.92. The lowest BCUT2D eigenvalue weighted by atomic mass is 10.1. The van der Waals surface area contributed by atoms with Crippen molar-refractivity contribution in [2.24, 2.45) is 0 Å². The zero-order chi connectivity index (χ0) is 9.23. The average Bonchev–Trinajstić information content (AvgIpc) is 2.10. The van der Waals surface area contributed by atoms with Crippen LogP contribution < -0.4 is 0 Å². The molecule has 0 bridgehead atoms. The van der Waals surface area contributed by atoms with Crippen molar-refractivity contribution in [3.05, 3.63) is 12.2 Å². The van der Waals surface area contributed by atoms with Crippen molar-refractivity contribution in [2.75, 3.05) is 0 Å². The summed E-state index contributed by atoms with van der Waals surface area (Å²) in [7, 11) is 0. The lowest BCUT2D eigenvalue weighted by Crippen LogP contribution is -1.73. The summed E-state index contributed by atoms with van der Waals surface area (Å²) < 4.78 is 14.2. The van der Waals surface area contributed by atoms with Crippen LogP contribution in [0.25, 0.3) is 0 Å². The quantitative estimate of drug-likeness (QED) is 0.389. The molecule has 0 spiro atoms. The maximum atomic E-state index is 7.26. The summed E-state index contributed by atoms with van der Waals surface area (Å²) in [5.41, 5.74) is 0. The second kappa shape index (κ2) is 8.74. The van der Waals surface area contributed by atoms with Crippen molar-refractivity contribution in [1.82, 2.24) is 0 Å². The van der Waals surface area contributed by atoms with Crippen LogP contribution in [0.3, 0.4) is 0 Å². The fraction of sp³-hybridized carbons (Fsp3) is 0.800. The zero-order valence-electron chi connectivity index (χ0n) is 8.97. The Hall–Kier alpha value is -0.260. The highest BCUT2D eigenvalue weighted by Crippen LogP contribution is 2.02. The van der Waals surface area contributed by atoms with Gasteiger partial charge in [-0.25, -0.2) is 0 Å². The number of allylic oxidation sites excluding steroid dienone is 2. The Morgan fingerprint density at radius 2 is 2.20 bits per heavy atom. The Kier molecular flexibility index (Phi) is 5.64. The van der Waals surface area contributed by atoms with Gasteiger partial charge in [0, 0.05) is 2.74 Å². The van der Waals surface area contributed by atoms with E-state index in [1.165, 1.54) is 25.7 Å². The molecule has 10 heavy (non-hydrogen) atoms. The van der Waals surface area contributed by atoms with Crippen molar-refractivity contribution in [2.45, 2.75) is 52.3 Å². The van der Waals surface area contributed by atoms with Crippen LogP contribution in [0, 0.1) is 0 Å². The molecule has 0 aromatic heterocycles. The molecule has 0 heterocycles. The fourth-order valence-corrected chi connectivity index (χ4v) is 0.881. The number of unbranched alkanes of at least 4 members (excludes halogenated alkanes) is 4. The molecular formula is C10H20. The minimum atomic E-state index is -0.309. The van der Waals surface area contributed by atoms with Crippen LogP contribution in [0.15, 0.2) is 12.2 Å². The van der Waals surface area contributed by atoms with Crippen molar-refractivity contribution < 1.29 is 2.74 Å². The predicted octanol–water partition coefficient (Wildman–Crippen LogP) is 3.92. The molecule has 0 N–H and O–H groups in total. The van der Waals surface area contributed by atoms with E-state index < -0.39 is 0 Å². The van der Waals surface area contributed by atoms with E-state index in [2.05, 4.69) is 6.92 Å². The highest BCUT2D eigenvalue weighted by atomic mass is 13.9. The van der Waals surface area contributed by atoms with Gasteiger partial charge in [-0.15, -0.1) is 0 Å². The van der Waals surface area contributed by atoms with Crippen molar-refractivity contribution in [1.29, 1.82) is 0 Å². The molecule has 0 nitrogen and oxygen atoms in total. The first-order valence-electron chi connectivity index (χ1n) is 5.47. The van der Waals surface area contributed by atoms with E-state index in [4.69, 9.17) is 2.74 Å². The van der Waals surface area contributed by atoms with E-state index in [1.54, 1.807) is 0 Å². The van der Waals surface area contributed by atoms with E-state index in [0.717, 1.165) is 6.42 Å². The highest BCUT2D eigenvalue weighted by Gasteiger charge is 1.82. The van der Waals surface area contributed by atoms with Gasteiger partial charge in [-0.1, -0.05) is 45.2 Å². The zero-order valence-corrected chi connectivity index (χ0v) is 6.97. The van der Waals surface area contributed by atoms with Crippen LogP contribution in [-0.4, -0.2) is 0 Å². The maximum absolute atomic E-state index is 7.26. The highest BCUT2D eigenvalue weighted by molar-refractivity contribution is 4.79. The van der Waals surface area contributed by atoms with Crippen LogP contribution in [0.4, 0.5) is 0 Å². The molecule has 0 aliphatic heterocycles. The van der Waals surface area contributed by atoms with Gasteiger partial charge < -0.3 is 0 Å². The summed E-state index contributed by atoms with van der Waals surface area (Å²) in [6.07, 6.45) is 9.76. The summed E-state index contributed by atoms with van der Waals surface area (Å²) in [4.78, 5) is 0. The van der Waals surface area contributed by atoms with Crippen LogP contribution in [0.2, 0.25) is 0 Å². The third-order valence-corrected chi connectivity index (χ3v) is 1.50. The smallest absolute Gasteiger partial charge is 0.0307 e. The van der Waals surface area contributed by atoms with Gasteiger partial charge in [-0.2, -0.15) is 0 Å². The van der Waals surface area contributed by atoms with Gasteiger partial charge in [0.2, 0.25) is 0 Å². The number of rotatable bonds is 6. The normalized spacial score (nSPS) is 16.9. The summed E-state index contributed by atoms with van der Waals surface area (Å²) in [5.74, 6) is 0. The Morgan fingerprint density at radius 1 is 1.30 bits per heavy atom. The molecule has 0 radical (unpaired) electrons. The first-order valence-corrected chi connectivity index (χ1v) is 4.19. The average molecular weight is 142 g/mol. The number of hydrogen-bond donors (Lipinski definition) is 0. The molecular weight excluding hydrogens is 120 g/mol. The third kappa shape index (κ3) is 7.74. The molecule has 0 saturated heterocycles. The van der Waals surface area contributed by atoms with E-state index in [-0.39, 0.29) is 13.3 Å². The number of hydrogen-bond acceptors (Lipinski definition) is 0. The van der Waals surface area contributed by atoms with Gasteiger partial charge in [-0.3, -0.25) is 0 Å². The summed E-state index contributed by atoms with van der Waals surface area (Å²) in [5, 5.41) is 0. The molecule has 0 saturated carbocycles. The standard InChI is InChI=1S/C10H20/c1-3-5-7-9-10-8-6-4-2/h5,7H,3-4,6,8-10H2,1-2H3/b7-5+/i1D,3D. The van der Waals surface area contributed by atoms with E-state index in [1.807, 2.05) is 12.2 Å². The lowest BCUT2D eigenvalue weighted by molar-refractivity contribution is 0.674. The molecule has 0 fully saturated rings. The molecule has 0 aromatic carbocycles. The summed E-state index contributed by atoms with van der Waals surface area (Å²) >= 11 is 0. The molecule has 60 valence electrons. The van der Waals surface area contributed by atoms with Crippen molar-refractivity contribution in [3.63, 3.8) is 0 Å². The van der Waals surface area contributed by atoms with Gasteiger partial charge in [0.1, 0.15) is 0 Å². The van der Waals surface area contributed by atoms with Crippen LogP contribution >= 0.6 is 0 Å². The van der Waals surface area contributed by atoms with Gasteiger partial charge in [0.15, 0.2) is 0 Å². The summed E-state index contributed by atoms with van der Waals surface area (Å²) in [6.45, 7) is 2.39. The first kappa shape index (κ1) is 6.45. The SMILES string of the molecule is [2H]CC([2H])/C=C/CCCCCC. The van der Waals surface area contributed by atoms with Crippen molar-refractivity contribution >= 4 is 0 Å². The second-order valence-corrected chi connectivity index (χ2v) is 2.51. The first-order chi connectivity index (χ1) is 5.81. The Labute approximate surface area is 68.1 Å². The van der Waals surface area contributed by atoms with Gasteiger partial charge >= 0.3 is 0 Å². The van der Waals surface area contributed by atoms with E-state index in [0.29, 0.717) is 0 Å². The molecule has 0 aliphatic carbocycles. The Morgan fingerprint density at radius 3 is 2.90 bits per heavy atom. The fourth-order valence-electron chi connectivity index (χ4n) is 0.881. The Balaban J connectivity index is 3.12. The molecule has 0 heteroatoms. The van der Waals surface area contributed by atoms with E-state index >= 15 is 0 Å². The topological polar surface area (TPSA) is 0 Å². The van der Waals surface area contributed by atoms with Crippen LogP contribution in [0.1, 0.15) is 55.1 Å². The molecule has 0 rings (SSSR count). The van der Waals surface area contributed by atoms with Crippen LogP contribution in [0.5, 0.6) is 0 Å². The molecule has 1 unspecified atom stereocenters. The minimum absolute atomic E-state index is 0.186. The van der Waals surface area contributed by atoms with Crippen molar-refractivity contribution in [3.8, 4) is 0 Å². The van der Waals surface area contributed by atoms with Gasteiger partial charge in [0.25, 0.3) is 0 Å².